The van der Waals surface area contributed by atoms with Crippen LogP contribution in [0.4, 0.5) is 5.82 Å². The molecule has 1 fully saturated rings. The van der Waals surface area contributed by atoms with Gasteiger partial charge in [-0.05, 0) is 25.5 Å². The molecule has 0 amide bonds. The van der Waals surface area contributed by atoms with Crippen molar-refractivity contribution in [2.75, 3.05) is 5.73 Å². The Kier molecular flexibility index (Phi) is 2.60. The Balaban J connectivity index is 2.28. The van der Waals surface area contributed by atoms with Gasteiger partial charge < -0.3 is 10.6 Å². The second kappa shape index (κ2) is 3.92. The zero-order valence-electron chi connectivity index (χ0n) is 9.20. The standard InChI is InChI=1S/C11H15N5/c1-7-5-6-10(13)16(7)11(14)8-3-2-4-9(12)15-8/h2-4,7,13-14H,5-6H2,1H3,(H2,12,15)/t7-/m1/s1. The molecule has 0 radical (unpaired) electrons. The zero-order chi connectivity index (χ0) is 11.7. The van der Waals surface area contributed by atoms with Gasteiger partial charge in [0.25, 0.3) is 0 Å². The summed E-state index contributed by atoms with van der Waals surface area (Å²) in [5.74, 6) is 1.16. The van der Waals surface area contributed by atoms with Crippen molar-refractivity contribution in [3.05, 3.63) is 23.9 Å². The fourth-order valence-electron chi connectivity index (χ4n) is 1.92. The minimum Gasteiger partial charge on any atom is -0.384 e. The van der Waals surface area contributed by atoms with E-state index in [1.165, 1.54) is 0 Å². The summed E-state index contributed by atoms with van der Waals surface area (Å²) in [7, 11) is 0. The average Bonchev–Trinajstić information content (AvgIpc) is 2.58. The van der Waals surface area contributed by atoms with E-state index in [4.69, 9.17) is 16.6 Å². The van der Waals surface area contributed by atoms with Crippen LogP contribution in [0, 0.1) is 10.8 Å². The van der Waals surface area contributed by atoms with E-state index in [0.717, 1.165) is 12.8 Å². The number of nitrogens with zero attached hydrogens (tertiary/aromatic N) is 2. The van der Waals surface area contributed by atoms with Gasteiger partial charge in [0.15, 0.2) is 5.84 Å². The number of anilines is 1. The van der Waals surface area contributed by atoms with Crippen LogP contribution in [-0.2, 0) is 0 Å². The van der Waals surface area contributed by atoms with Gasteiger partial charge in [0, 0.05) is 12.5 Å². The number of aromatic nitrogens is 1. The summed E-state index contributed by atoms with van der Waals surface area (Å²) < 4.78 is 0. The van der Waals surface area contributed by atoms with Gasteiger partial charge in [0.2, 0.25) is 0 Å². The third-order valence-corrected chi connectivity index (χ3v) is 2.78. The lowest BCUT2D eigenvalue weighted by atomic mass is 10.2. The van der Waals surface area contributed by atoms with Crippen molar-refractivity contribution in [1.29, 1.82) is 10.8 Å². The van der Waals surface area contributed by atoms with E-state index < -0.39 is 0 Å². The van der Waals surface area contributed by atoms with Gasteiger partial charge in [-0.1, -0.05) is 6.07 Å². The lowest BCUT2D eigenvalue weighted by Gasteiger charge is -2.23. The minimum absolute atomic E-state index is 0.197. The Morgan fingerprint density at radius 2 is 2.31 bits per heavy atom. The van der Waals surface area contributed by atoms with Crippen LogP contribution in [0.25, 0.3) is 0 Å². The molecule has 2 rings (SSSR count). The van der Waals surface area contributed by atoms with Gasteiger partial charge in [-0.25, -0.2) is 4.98 Å². The van der Waals surface area contributed by atoms with E-state index in [1.807, 2.05) is 6.92 Å². The smallest absolute Gasteiger partial charge is 0.152 e. The number of nitrogens with two attached hydrogens (primary N) is 1. The van der Waals surface area contributed by atoms with Crippen LogP contribution in [0.3, 0.4) is 0 Å². The zero-order valence-corrected chi connectivity index (χ0v) is 9.20. The Morgan fingerprint density at radius 1 is 1.56 bits per heavy atom. The molecule has 0 spiro atoms. The number of nitrogen functional groups attached to an aromatic ring is 1. The molecule has 5 nitrogen and oxygen atoms in total. The number of rotatable bonds is 1. The molecule has 4 N–H and O–H groups in total. The normalized spacial score (nSPS) is 20.2. The third-order valence-electron chi connectivity index (χ3n) is 2.78. The van der Waals surface area contributed by atoms with Gasteiger partial charge in [0.05, 0.1) is 0 Å². The van der Waals surface area contributed by atoms with Crippen LogP contribution < -0.4 is 5.73 Å². The first-order valence-electron chi connectivity index (χ1n) is 5.27. The van der Waals surface area contributed by atoms with Crippen molar-refractivity contribution < 1.29 is 0 Å². The largest absolute Gasteiger partial charge is 0.384 e. The number of pyridine rings is 1. The van der Waals surface area contributed by atoms with Crippen LogP contribution in [0.2, 0.25) is 0 Å². The Labute approximate surface area is 94.3 Å². The third kappa shape index (κ3) is 1.76. The highest BCUT2D eigenvalue weighted by Gasteiger charge is 2.29. The Bertz CT molecular complexity index is 440. The van der Waals surface area contributed by atoms with Gasteiger partial charge in [-0.2, -0.15) is 0 Å². The van der Waals surface area contributed by atoms with E-state index in [2.05, 4.69) is 4.98 Å². The highest BCUT2D eigenvalue weighted by molar-refractivity contribution is 6.07. The van der Waals surface area contributed by atoms with Crippen molar-refractivity contribution in [3.8, 4) is 0 Å². The second-order valence-corrected chi connectivity index (χ2v) is 4.00. The number of likely N-dealkylation sites (tertiary alicyclic amines) is 1. The topological polar surface area (TPSA) is 89.9 Å². The molecule has 0 saturated carbocycles. The minimum atomic E-state index is 0.197. The van der Waals surface area contributed by atoms with Gasteiger partial charge in [0.1, 0.15) is 17.3 Å². The van der Waals surface area contributed by atoms with Crippen LogP contribution in [0.5, 0.6) is 0 Å². The predicted octanol–water partition coefficient (Wildman–Crippen LogP) is 1.45. The highest BCUT2D eigenvalue weighted by Crippen LogP contribution is 2.20. The lowest BCUT2D eigenvalue weighted by Crippen LogP contribution is -2.37. The maximum Gasteiger partial charge on any atom is 0.152 e. The molecule has 1 aliphatic rings. The van der Waals surface area contributed by atoms with Crippen molar-refractivity contribution >= 4 is 17.5 Å². The number of amidine groups is 2. The fraction of sp³-hybridized carbons (Fsp3) is 0.364. The number of hydrogen-bond acceptors (Lipinski definition) is 4. The first-order valence-corrected chi connectivity index (χ1v) is 5.27. The highest BCUT2D eigenvalue weighted by atomic mass is 15.3. The van der Waals surface area contributed by atoms with Crippen molar-refractivity contribution in [3.63, 3.8) is 0 Å². The quantitative estimate of drug-likeness (QED) is 0.491. The summed E-state index contributed by atoms with van der Waals surface area (Å²) in [6, 6.07) is 5.41. The molecule has 1 aromatic heterocycles. The molecule has 0 aliphatic carbocycles. The number of hydrogen-bond donors (Lipinski definition) is 3. The van der Waals surface area contributed by atoms with Gasteiger partial charge >= 0.3 is 0 Å². The summed E-state index contributed by atoms with van der Waals surface area (Å²) in [6.45, 7) is 2.02. The van der Waals surface area contributed by atoms with E-state index in [9.17, 15) is 0 Å². The summed E-state index contributed by atoms with van der Waals surface area (Å²) >= 11 is 0. The summed E-state index contributed by atoms with van der Waals surface area (Å²) in [6.07, 6.45) is 1.65. The van der Waals surface area contributed by atoms with Crippen molar-refractivity contribution in [1.82, 2.24) is 9.88 Å². The second-order valence-electron chi connectivity index (χ2n) is 4.00. The molecule has 84 valence electrons. The predicted molar refractivity (Wildman–Crippen MR) is 63.7 cm³/mol. The van der Waals surface area contributed by atoms with Crippen LogP contribution in [0.1, 0.15) is 25.5 Å². The van der Waals surface area contributed by atoms with Gasteiger partial charge in [-0.3, -0.25) is 10.8 Å². The Morgan fingerprint density at radius 3 is 2.88 bits per heavy atom. The molecule has 1 saturated heterocycles. The van der Waals surface area contributed by atoms with E-state index in [-0.39, 0.29) is 11.9 Å². The summed E-state index contributed by atoms with van der Waals surface area (Å²) in [4.78, 5) is 5.81. The SMILES string of the molecule is C[C@@H]1CCC(=N)N1C(=N)c1cccc(N)n1. The van der Waals surface area contributed by atoms with E-state index in [1.54, 1.807) is 23.1 Å². The molecule has 2 heterocycles. The molecule has 1 aromatic rings. The van der Waals surface area contributed by atoms with Crippen LogP contribution in [-0.4, -0.2) is 27.6 Å². The molecule has 1 atom stereocenters. The van der Waals surface area contributed by atoms with Crippen molar-refractivity contribution in [2.24, 2.45) is 0 Å². The maximum absolute atomic E-state index is 8.05. The molecule has 0 aromatic carbocycles. The number of nitrogens with one attached hydrogen (secondary N) is 2. The first kappa shape index (κ1) is 10.6. The monoisotopic (exact) mass is 217 g/mol. The molecule has 1 aliphatic heterocycles. The molecule has 0 unspecified atom stereocenters. The molecular formula is C11H15N5. The fourth-order valence-corrected chi connectivity index (χ4v) is 1.92. The lowest BCUT2D eigenvalue weighted by molar-refractivity contribution is 0.496. The van der Waals surface area contributed by atoms with E-state index in [0.29, 0.717) is 17.3 Å². The van der Waals surface area contributed by atoms with Crippen LogP contribution >= 0.6 is 0 Å². The van der Waals surface area contributed by atoms with E-state index >= 15 is 0 Å². The molecule has 0 bridgehead atoms. The van der Waals surface area contributed by atoms with Crippen LogP contribution in [0.15, 0.2) is 18.2 Å². The van der Waals surface area contributed by atoms with Gasteiger partial charge in [-0.15, -0.1) is 0 Å². The molecule has 16 heavy (non-hydrogen) atoms. The maximum atomic E-state index is 8.05. The molecule has 5 heteroatoms. The van der Waals surface area contributed by atoms with Crippen molar-refractivity contribution in [2.45, 2.75) is 25.8 Å². The molecular weight excluding hydrogens is 202 g/mol. The first-order chi connectivity index (χ1) is 7.59. The summed E-state index contributed by atoms with van der Waals surface area (Å²) in [5, 5.41) is 15.8. The summed E-state index contributed by atoms with van der Waals surface area (Å²) in [5.41, 5.74) is 6.11. The average molecular weight is 217 g/mol. The Hall–Kier alpha value is -1.91.